The van der Waals surface area contributed by atoms with E-state index in [4.69, 9.17) is 9.72 Å². The molecule has 2 nitrogen and oxygen atoms in total. The third-order valence-electron chi connectivity index (χ3n) is 3.37. The normalized spacial score (nSPS) is 16.8. The van der Waals surface area contributed by atoms with Crippen LogP contribution in [0.4, 0.5) is 0 Å². The lowest BCUT2D eigenvalue weighted by Gasteiger charge is -2.11. The number of aromatic nitrogens is 1. The van der Waals surface area contributed by atoms with Crippen LogP contribution in [0.2, 0.25) is 0 Å². The number of fused-ring (bicyclic) bond motifs is 3. The quantitative estimate of drug-likeness (QED) is 0.723. The maximum atomic E-state index is 5.81. The van der Waals surface area contributed by atoms with Crippen LogP contribution in [0.25, 0.3) is 0 Å². The summed E-state index contributed by atoms with van der Waals surface area (Å²) < 4.78 is 5.81. The van der Waals surface area contributed by atoms with E-state index in [1.54, 1.807) is 0 Å². The average molecular weight is 317 g/mol. The minimum absolute atomic E-state index is 0.723. The van der Waals surface area contributed by atoms with Crippen molar-refractivity contribution in [1.82, 2.24) is 4.98 Å². The first-order valence-electron chi connectivity index (χ1n) is 7.16. The molecule has 1 aromatic heterocycles. The number of benzene rings is 1. The van der Waals surface area contributed by atoms with Crippen molar-refractivity contribution in [3.8, 4) is 0 Å². The summed E-state index contributed by atoms with van der Waals surface area (Å²) in [6.07, 6.45) is 0. The largest absolute Gasteiger partial charge is 0.376 e. The summed E-state index contributed by atoms with van der Waals surface area (Å²) >= 11 is 3.81. The van der Waals surface area contributed by atoms with Gasteiger partial charge in [-0.2, -0.15) is 23.5 Å². The van der Waals surface area contributed by atoms with E-state index in [0.29, 0.717) is 0 Å². The third kappa shape index (κ3) is 4.50. The van der Waals surface area contributed by atoms with Gasteiger partial charge in [0.1, 0.15) is 0 Å². The third-order valence-corrected chi connectivity index (χ3v) is 5.34. The second kappa shape index (κ2) is 7.87. The van der Waals surface area contributed by atoms with Gasteiger partial charge >= 0.3 is 0 Å². The Bertz CT molecular complexity index is 589. The van der Waals surface area contributed by atoms with Crippen LogP contribution in [0.5, 0.6) is 0 Å². The van der Waals surface area contributed by atoms with E-state index in [2.05, 4.69) is 42.5 Å². The van der Waals surface area contributed by atoms with Crippen molar-refractivity contribution in [2.24, 2.45) is 0 Å². The van der Waals surface area contributed by atoms with Gasteiger partial charge in [0.2, 0.25) is 0 Å². The summed E-state index contributed by atoms with van der Waals surface area (Å²) in [5, 5.41) is 0. The minimum Gasteiger partial charge on any atom is -0.376 e. The Morgan fingerprint density at radius 2 is 1.57 bits per heavy atom. The maximum absolute atomic E-state index is 5.81. The zero-order chi connectivity index (χ0) is 14.3. The van der Waals surface area contributed by atoms with Crippen molar-refractivity contribution in [1.29, 1.82) is 0 Å². The molecule has 0 aliphatic carbocycles. The summed E-state index contributed by atoms with van der Waals surface area (Å²) in [7, 11) is 0. The van der Waals surface area contributed by atoms with Gasteiger partial charge in [-0.05, 0) is 23.3 Å². The number of ether oxygens (including phenoxy) is 1. The predicted octanol–water partition coefficient (Wildman–Crippen LogP) is 4.28. The lowest BCUT2D eigenvalue weighted by molar-refractivity contribution is 0.136. The topological polar surface area (TPSA) is 22.1 Å². The van der Waals surface area contributed by atoms with Crippen molar-refractivity contribution in [2.45, 2.75) is 23.9 Å². The summed E-state index contributed by atoms with van der Waals surface area (Å²) in [5.41, 5.74) is 5.05. The zero-order valence-electron chi connectivity index (χ0n) is 12.0. The molecule has 1 aliphatic rings. The van der Waals surface area contributed by atoms with E-state index >= 15 is 0 Å². The molecule has 4 heteroatoms. The summed E-state index contributed by atoms with van der Waals surface area (Å²) in [5.74, 6) is 3.97. The molecular weight excluding hydrogens is 298 g/mol. The van der Waals surface area contributed by atoms with Crippen LogP contribution < -0.4 is 0 Å². The van der Waals surface area contributed by atoms with E-state index in [1.165, 1.54) is 22.5 Å². The highest BCUT2D eigenvalue weighted by atomic mass is 32.2. The number of pyridine rings is 1. The van der Waals surface area contributed by atoms with Crippen LogP contribution in [0.1, 0.15) is 22.5 Å². The van der Waals surface area contributed by atoms with Crippen molar-refractivity contribution >= 4 is 23.5 Å². The number of thioether (sulfide) groups is 2. The van der Waals surface area contributed by atoms with Gasteiger partial charge in [0.05, 0.1) is 24.6 Å². The van der Waals surface area contributed by atoms with Gasteiger partial charge in [-0.15, -0.1) is 0 Å². The second-order valence-electron chi connectivity index (χ2n) is 4.99. The Morgan fingerprint density at radius 1 is 0.810 bits per heavy atom. The van der Waals surface area contributed by atoms with Gasteiger partial charge in [-0.25, -0.2) is 0 Å². The molecule has 2 bridgehead atoms. The molecule has 110 valence electrons. The number of hydrogen-bond donors (Lipinski definition) is 0. The van der Waals surface area contributed by atoms with Gasteiger partial charge in [0.15, 0.2) is 0 Å². The Labute approximate surface area is 134 Å². The van der Waals surface area contributed by atoms with Crippen LogP contribution in [0, 0.1) is 0 Å². The van der Waals surface area contributed by atoms with Gasteiger partial charge < -0.3 is 4.74 Å². The molecule has 0 saturated heterocycles. The van der Waals surface area contributed by atoms with E-state index in [0.717, 1.165) is 36.2 Å². The van der Waals surface area contributed by atoms with Crippen LogP contribution in [0.15, 0.2) is 42.5 Å². The number of nitrogens with zero attached hydrogens (tertiary/aromatic N) is 1. The summed E-state index contributed by atoms with van der Waals surface area (Å²) in [6, 6.07) is 14.9. The first-order valence-corrected chi connectivity index (χ1v) is 9.47. The highest BCUT2D eigenvalue weighted by Gasteiger charge is 2.05. The Morgan fingerprint density at radius 3 is 2.43 bits per heavy atom. The predicted molar refractivity (Wildman–Crippen MR) is 91.5 cm³/mol. The SMILES string of the molecule is c1cc2nc(c1)CSCc1ccccc1COCCSC2. The first kappa shape index (κ1) is 14.9. The minimum atomic E-state index is 0.723. The monoisotopic (exact) mass is 317 g/mol. The van der Waals surface area contributed by atoms with Gasteiger partial charge in [0, 0.05) is 23.0 Å². The van der Waals surface area contributed by atoms with Gasteiger partial charge in [0.25, 0.3) is 0 Å². The molecule has 0 atom stereocenters. The molecule has 1 aliphatic heterocycles. The fraction of sp³-hybridized carbons (Fsp3) is 0.353. The van der Waals surface area contributed by atoms with Gasteiger partial charge in [-0.3, -0.25) is 4.98 Å². The highest BCUT2D eigenvalue weighted by molar-refractivity contribution is 7.98. The Kier molecular flexibility index (Phi) is 5.60. The standard InChI is InChI=1S/C17H19NOS2/c1-2-5-15-11-21-13-17-7-3-6-16(18-17)12-20-9-8-19-10-14(15)4-1/h1-7H,8-13H2. The van der Waals surface area contributed by atoms with Crippen LogP contribution >= 0.6 is 23.5 Å². The zero-order valence-corrected chi connectivity index (χ0v) is 13.6. The maximum Gasteiger partial charge on any atom is 0.0720 e. The van der Waals surface area contributed by atoms with E-state index < -0.39 is 0 Å². The number of hydrogen-bond acceptors (Lipinski definition) is 4. The van der Waals surface area contributed by atoms with Crippen molar-refractivity contribution < 1.29 is 4.74 Å². The highest BCUT2D eigenvalue weighted by Crippen LogP contribution is 2.21. The fourth-order valence-electron chi connectivity index (χ4n) is 2.27. The molecule has 0 N–H and O–H groups in total. The molecular formula is C17H19NOS2. The number of rotatable bonds is 0. The summed E-state index contributed by atoms with van der Waals surface area (Å²) in [6.45, 7) is 1.52. The molecule has 2 heterocycles. The molecule has 0 spiro atoms. The molecule has 0 amide bonds. The molecule has 1 aromatic carbocycles. The van der Waals surface area contributed by atoms with Gasteiger partial charge in [-0.1, -0.05) is 30.3 Å². The van der Waals surface area contributed by atoms with Crippen molar-refractivity contribution in [3.63, 3.8) is 0 Å². The van der Waals surface area contributed by atoms with Crippen LogP contribution in [-0.2, 0) is 28.6 Å². The van der Waals surface area contributed by atoms with Crippen molar-refractivity contribution in [2.75, 3.05) is 12.4 Å². The molecule has 3 rings (SSSR count). The van der Waals surface area contributed by atoms with Crippen LogP contribution in [0.3, 0.4) is 0 Å². The smallest absolute Gasteiger partial charge is 0.0720 e. The van der Waals surface area contributed by atoms with E-state index in [-0.39, 0.29) is 0 Å². The molecule has 0 radical (unpaired) electrons. The molecule has 0 fully saturated rings. The second-order valence-corrected chi connectivity index (χ2v) is 7.08. The average Bonchev–Trinajstić information content (AvgIpc) is 2.52. The Balaban J connectivity index is 1.75. The van der Waals surface area contributed by atoms with E-state index in [1.807, 2.05) is 23.5 Å². The lowest BCUT2D eigenvalue weighted by atomic mass is 10.1. The lowest BCUT2D eigenvalue weighted by Crippen LogP contribution is -2.02. The van der Waals surface area contributed by atoms with E-state index in [9.17, 15) is 0 Å². The molecule has 0 unspecified atom stereocenters. The van der Waals surface area contributed by atoms with Crippen LogP contribution in [-0.4, -0.2) is 17.3 Å². The Hall–Kier alpha value is -0.970. The molecule has 21 heavy (non-hydrogen) atoms. The molecule has 2 aromatic rings. The first-order chi connectivity index (χ1) is 10.4. The summed E-state index contributed by atoms with van der Waals surface area (Å²) in [4.78, 5) is 4.73. The molecule has 0 saturated carbocycles. The van der Waals surface area contributed by atoms with Crippen molar-refractivity contribution in [3.05, 3.63) is 65.0 Å². The fourth-order valence-corrected chi connectivity index (χ4v) is 3.99.